The number of rotatable bonds is 2. The van der Waals surface area contributed by atoms with Crippen LogP contribution in [-0.2, 0) is 0 Å². The molecule has 1 fully saturated rings. The van der Waals surface area contributed by atoms with Crippen LogP contribution in [0.5, 0.6) is 0 Å². The minimum absolute atomic E-state index is 0.527. The molecule has 0 spiro atoms. The van der Waals surface area contributed by atoms with Crippen molar-refractivity contribution < 1.29 is 0 Å². The molecule has 0 unspecified atom stereocenters. The van der Waals surface area contributed by atoms with E-state index >= 15 is 0 Å². The van der Waals surface area contributed by atoms with Crippen LogP contribution in [0.2, 0.25) is 5.02 Å². The van der Waals surface area contributed by atoms with E-state index in [1.54, 1.807) is 0 Å². The molecule has 0 bridgehead atoms. The highest BCUT2D eigenvalue weighted by atomic mass is 79.9. The van der Waals surface area contributed by atoms with E-state index in [4.69, 9.17) is 11.6 Å². The van der Waals surface area contributed by atoms with Gasteiger partial charge < -0.3 is 0 Å². The highest BCUT2D eigenvalue weighted by Crippen LogP contribution is 2.29. The minimum atomic E-state index is 0.527. The molecule has 3 nitrogen and oxygen atoms in total. The van der Waals surface area contributed by atoms with Gasteiger partial charge in [-0.05, 0) is 53.4 Å². The van der Waals surface area contributed by atoms with Crippen LogP contribution < -0.4 is 5.43 Å². The Morgan fingerprint density at radius 3 is 3.12 bits per heavy atom. The van der Waals surface area contributed by atoms with Crippen LogP contribution in [0.1, 0.15) is 24.3 Å². The van der Waals surface area contributed by atoms with Gasteiger partial charge in [-0.25, -0.2) is 9.99 Å². The average molecular weight is 305 g/mol. The fourth-order valence-electron chi connectivity index (χ4n) is 2.11. The third-order valence-corrected chi connectivity index (χ3v) is 4.17. The summed E-state index contributed by atoms with van der Waals surface area (Å²) in [5, 5.41) is 2.93. The lowest BCUT2D eigenvalue weighted by molar-refractivity contribution is 0.154. The number of nitrogens with one attached hydrogen (secondary N) is 1. The van der Waals surface area contributed by atoms with Crippen molar-refractivity contribution in [3.8, 4) is 0 Å². The number of pyridine rings is 1. The standard InChI is InChI=1S/C11H15BrClN3/c1-14-16-4-2-3-8(7-16)9-5-10(13)11(12)15-6-9/h5-6,8,14H,2-4,7H2,1H3/t8-/m0/s1. The quantitative estimate of drug-likeness (QED) is 0.852. The van der Waals surface area contributed by atoms with E-state index in [0.29, 0.717) is 10.9 Å². The molecule has 1 aliphatic rings. The second-order valence-corrected chi connectivity index (χ2v) is 5.21. The third kappa shape index (κ3) is 2.74. The molecule has 5 heteroatoms. The highest BCUT2D eigenvalue weighted by molar-refractivity contribution is 9.10. The zero-order valence-electron chi connectivity index (χ0n) is 9.21. The van der Waals surface area contributed by atoms with Crippen molar-refractivity contribution in [3.63, 3.8) is 0 Å². The second kappa shape index (κ2) is 5.45. The molecule has 0 aromatic carbocycles. The maximum atomic E-state index is 6.06. The number of halogens is 2. The van der Waals surface area contributed by atoms with Crippen molar-refractivity contribution >= 4 is 27.5 Å². The van der Waals surface area contributed by atoms with Gasteiger partial charge in [0, 0.05) is 19.3 Å². The van der Waals surface area contributed by atoms with E-state index in [-0.39, 0.29) is 0 Å². The summed E-state index contributed by atoms with van der Waals surface area (Å²) in [6.45, 7) is 2.14. The number of hydrazine groups is 1. The monoisotopic (exact) mass is 303 g/mol. The number of nitrogens with zero attached hydrogens (tertiary/aromatic N) is 2. The Hall–Kier alpha value is -0.160. The predicted molar refractivity (Wildman–Crippen MR) is 69.6 cm³/mol. The Morgan fingerprint density at radius 2 is 2.44 bits per heavy atom. The van der Waals surface area contributed by atoms with Crippen LogP contribution in [0.3, 0.4) is 0 Å². The molecule has 1 aromatic heterocycles. The number of aromatic nitrogens is 1. The average Bonchev–Trinajstić information content (AvgIpc) is 2.33. The smallest absolute Gasteiger partial charge is 0.124 e. The molecule has 0 saturated carbocycles. The molecular weight excluding hydrogens is 289 g/mol. The SMILES string of the molecule is CNN1CCC[C@H](c2cnc(Br)c(Cl)c2)C1. The number of piperidine rings is 1. The summed E-state index contributed by atoms with van der Waals surface area (Å²) in [7, 11) is 1.97. The first-order valence-electron chi connectivity index (χ1n) is 5.44. The van der Waals surface area contributed by atoms with Crippen molar-refractivity contribution in [2.45, 2.75) is 18.8 Å². The molecule has 0 radical (unpaired) electrons. The molecule has 16 heavy (non-hydrogen) atoms. The molecule has 0 aliphatic carbocycles. The molecule has 2 rings (SSSR count). The van der Waals surface area contributed by atoms with Gasteiger partial charge in [0.05, 0.1) is 5.02 Å². The van der Waals surface area contributed by atoms with E-state index in [1.807, 2.05) is 19.3 Å². The molecule has 1 N–H and O–H groups in total. The van der Waals surface area contributed by atoms with Gasteiger partial charge >= 0.3 is 0 Å². The van der Waals surface area contributed by atoms with Gasteiger partial charge in [0.1, 0.15) is 4.60 Å². The Labute approximate surface area is 109 Å². The minimum Gasteiger partial charge on any atom is -0.258 e. The van der Waals surface area contributed by atoms with Crippen LogP contribution in [0.15, 0.2) is 16.9 Å². The lowest BCUT2D eigenvalue weighted by Gasteiger charge is -2.32. The molecule has 1 aromatic rings. The number of hydrogen-bond donors (Lipinski definition) is 1. The largest absolute Gasteiger partial charge is 0.258 e. The van der Waals surface area contributed by atoms with E-state index in [1.165, 1.54) is 18.4 Å². The zero-order chi connectivity index (χ0) is 11.5. The molecule has 1 aliphatic heterocycles. The first-order chi connectivity index (χ1) is 7.70. The highest BCUT2D eigenvalue weighted by Gasteiger charge is 2.21. The van der Waals surface area contributed by atoms with Gasteiger partial charge in [0.15, 0.2) is 0 Å². The molecule has 1 saturated heterocycles. The van der Waals surface area contributed by atoms with Crippen molar-refractivity contribution in [2.75, 3.05) is 20.1 Å². The molecular formula is C11H15BrClN3. The molecule has 88 valence electrons. The van der Waals surface area contributed by atoms with Crippen LogP contribution in [-0.4, -0.2) is 30.1 Å². The first-order valence-corrected chi connectivity index (χ1v) is 6.61. The lowest BCUT2D eigenvalue weighted by Crippen LogP contribution is -2.42. The van der Waals surface area contributed by atoms with Gasteiger partial charge in [-0.3, -0.25) is 5.43 Å². The molecule has 0 amide bonds. The van der Waals surface area contributed by atoms with Crippen molar-refractivity contribution in [1.82, 2.24) is 15.4 Å². The fraction of sp³-hybridized carbons (Fsp3) is 0.545. The van der Waals surface area contributed by atoms with E-state index in [0.717, 1.165) is 17.7 Å². The van der Waals surface area contributed by atoms with Crippen LogP contribution in [0, 0.1) is 0 Å². The predicted octanol–water partition coefficient (Wildman–Crippen LogP) is 2.81. The maximum absolute atomic E-state index is 6.06. The van der Waals surface area contributed by atoms with Crippen molar-refractivity contribution in [3.05, 3.63) is 27.5 Å². The first kappa shape index (κ1) is 12.3. The Kier molecular flexibility index (Phi) is 4.19. The Balaban J connectivity index is 2.13. The maximum Gasteiger partial charge on any atom is 0.124 e. The van der Waals surface area contributed by atoms with Gasteiger partial charge in [-0.15, -0.1) is 0 Å². The van der Waals surface area contributed by atoms with Gasteiger partial charge in [-0.1, -0.05) is 11.6 Å². The zero-order valence-corrected chi connectivity index (χ0v) is 11.6. The van der Waals surface area contributed by atoms with Crippen LogP contribution >= 0.6 is 27.5 Å². The third-order valence-electron chi connectivity index (χ3n) is 3.03. The van der Waals surface area contributed by atoms with Gasteiger partial charge in [0.2, 0.25) is 0 Å². The fourth-order valence-corrected chi connectivity index (χ4v) is 2.50. The summed E-state index contributed by atoms with van der Waals surface area (Å²) >= 11 is 9.38. The summed E-state index contributed by atoms with van der Waals surface area (Å²) in [5.41, 5.74) is 4.43. The number of hydrogen-bond acceptors (Lipinski definition) is 3. The summed E-state index contributed by atoms with van der Waals surface area (Å²) in [6.07, 6.45) is 4.33. The normalized spacial score (nSPS) is 22.3. The molecule has 1 atom stereocenters. The van der Waals surface area contributed by atoms with E-state index < -0.39 is 0 Å². The van der Waals surface area contributed by atoms with Gasteiger partial charge in [0.25, 0.3) is 0 Å². The lowest BCUT2D eigenvalue weighted by atomic mass is 9.92. The Morgan fingerprint density at radius 1 is 1.62 bits per heavy atom. The summed E-state index contributed by atoms with van der Waals surface area (Å²) < 4.78 is 0.721. The summed E-state index contributed by atoms with van der Waals surface area (Å²) in [5.74, 6) is 0.527. The van der Waals surface area contributed by atoms with Crippen molar-refractivity contribution in [2.24, 2.45) is 0 Å². The summed E-state index contributed by atoms with van der Waals surface area (Å²) in [6, 6.07) is 2.02. The van der Waals surface area contributed by atoms with Gasteiger partial charge in [-0.2, -0.15) is 0 Å². The topological polar surface area (TPSA) is 28.2 Å². The summed E-state index contributed by atoms with van der Waals surface area (Å²) in [4.78, 5) is 4.25. The molecule has 2 heterocycles. The van der Waals surface area contributed by atoms with Crippen molar-refractivity contribution in [1.29, 1.82) is 0 Å². The van der Waals surface area contributed by atoms with E-state index in [2.05, 4.69) is 31.3 Å². The second-order valence-electron chi connectivity index (χ2n) is 4.05. The van der Waals surface area contributed by atoms with Crippen LogP contribution in [0.25, 0.3) is 0 Å². The van der Waals surface area contributed by atoms with Crippen LogP contribution in [0.4, 0.5) is 0 Å². The Bertz CT molecular complexity index is 372. The van der Waals surface area contributed by atoms with E-state index in [9.17, 15) is 0 Å².